The number of nitrogens with zero attached hydrogens (tertiary/aromatic N) is 2. The van der Waals surface area contributed by atoms with Gasteiger partial charge in [-0.15, -0.1) is 0 Å². The average Bonchev–Trinajstić information content (AvgIpc) is 3.22. The first-order chi connectivity index (χ1) is 16.5. The van der Waals surface area contributed by atoms with Crippen LogP contribution in [-0.2, 0) is 25.4 Å². The highest BCUT2D eigenvalue weighted by Crippen LogP contribution is 2.31. The lowest BCUT2D eigenvalue weighted by Crippen LogP contribution is -2.36. The van der Waals surface area contributed by atoms with Gasteiger partial charge in [0.15, 0.2) is 0 Å². The summed E-state index contributed by atoms with van der Waals surface area (Å²) in [5, 5.41) is 2.62. The number of carbonyl (C=O) groups is 1. The topological polar surface area (TPSA) is 37.3 Å². The first kappa shape index (κ1) is 26.2. The zero-order valence-electron chi connectivity index (χ0n) is 19.0. The minimum Gasteiger partial charge on any atom is -0.345 e. The van der Waals surface area contributed by atoms with Crippen molar-refractivity contribution in [3.05, 3.63) is 89.2 Å². The average molecular weight is 497 g/mol. The SMILES string of the molecule is CCCCN(Cc1cccn1Cc1cccc(C(F)(F)F)c1)C(=O)Nc1ccc(C(F)(F)F)cc1. The minimum absolute atomic E-state index is 0.179. The van der Waals surface area contributed by atoms with Crippen molar-refractivity contribution in [1.29, 1.82) is 0 Å². The summed E-state index contributed by atoms with van der Waals surface area (Å²) >= 11 is 0. The molecule has 1 aromatic heterocycles. The third kappa shape index (κ3) is 7.27. The molecule has 4 nitrogen and oxygen atoms in total. The van der Waals surface area contributed by atoms with Gasteiger partial charge in [-0.2, -0.15) is 26.3 Å². The van der Waals surface area contributed by atoms with Gasteiger partial charge < -0.3 is 14.8 Å². The molecule has 3 aromatic rings. The Labute approximate surface area is 199 Å². The number of hydrogen-bond acceptors (Lipinski definition) is 1. The molecule has 2 aromatic carbocycles. The molecule has 0 radical (unpaired) electrons. The van der Waals surface area contributed by atoms with Crippen LogP contribution >= 0.6 is 0 Å². The van der Waals surface area contributed by atoms with Crippen molar-refractivity contribution in [1.82, 2.24) is 9.47 Å². The van der Waals surface area contributed by atoms with Crippen LogP contribution in [-0.4, -0.2) is 22.0 Å². The molecule has 3 rings (SSSR count). The van der Waals surface area contributed by atoms with Crippen LogP contribution in [0.15, 0.2) is 66.9 Å². The monoisotopic (exact) mass is 497 g/mol. The van der Waals surface area contributed by atoms with Crippen LogP contribution in [0.4, 0.5) is 36.8 Å². The van der Waals surface area contributed by atoms with Gasteiger partial charge in [-0.05, 0) is 60.5 Å². The van der Waals surface area contributed by atoms with E-state index in [-0.39, 0.29) is 18.8 Å². The van der Waals surface area contributed by atoms with Gasteiger partial charge in [0, 0.05) is 30.7 Å². The van der Waals surface area contributed by atoms with Crippen molar-refractivity contribution in [3.8, 4) is 0 Å². The van der Waals surface area contributed by atoms with Crippen LogP contribution in [0.1, 0.15) is 42.1 Å². The van der Waals surface area contributed by atoms with E-state index in [1.165, 1.54) is 23.1 Å². The normalized spacial score (nSPS) is 12.0. The number of urea groups is 1. The van der Waals surface area contributed by atoms with Crippen LogP contribution in [0.2, 0.25) is 0 Å². The third-order valence-corrected chi connectivity index (χ3v) is 5.42. The Kier molecular flexibility index (Phi) is 8.14. The summed E-state index contributed by atoms with van der Waals surface area (Å²) in [4.78, 5) is 14.4. The molecule has 2 amide bonds. The second kappa shape index (κ2) is 10.9. The number of hydrogen-bond donors (Lipinski definition) is 1. The molecule has 0 bridgehead atoms. The molecule has 0 fully saturated rings. The molecule has 0 saturated heterocycles. The van der Waals surface area contributed by atoms with Gasteiger partial charge >= 0.3 is 18.4 Å². The van der Waals surface area contributed by atoms with Crippen molar-refractivity contribution < 1.29 is 31.1 Å². The number of rotatable bonds is 8. The van der Waals surface area contributed by atoms with E-state index >= 15 is 0 Å². The summed E-state index contributed by atoms with van der Waals surface area (Å²) in [7, 11) is 0. The van der Waals surface area contributed by atoms with Crippen LogP contribution in [0.25, 0.3) is 0 Å². The van der Waals surface area contributed by atoms with E-state index < -0.39 is 29.5 Å². The molecule has 0 saturated carbocycles. The number of benzene rings is 2. The summed E-state index contributed by atoms with van der Waals surface area (Å²) in [6.07, 6.45) is -5.67. The maximum atomic E-state index is 13.1. The summed E-state index contributed by atoms with van der Waals surface area (Å²) < 4.78 is 79.3. The predicted octanol–water partition coefficient (Wildman–Crippen LogP) is 7.41. The van der Waals surface area contributed by atoms with E-state index in [4.69, 9.17) is 0 Å². The number of aromatic nitrogens is 1. The predicted molar refractivity (Wildman–Crippen MR) is 121 cm³/mol. The number of halogens is 6. The Morgan fingerprint density at radius 2 is 1.60 bits per heavy atom. The summed E-state index contributed by atoms with van der Waals surface area (Å²) in [5.74, 6) is 0. The summed E-state index contributed by atoms with van der Waals surface area (Å²) in [6, 6.07) is 12.3. The fraction of sp³-hybridized carbons (Fsp3) is 0.320. The van der Waals surface area contributed by atoms with Gasteiger partial charge in [-0.25, -0.2) is 4.79 Å². The van der Waals surface area contributed by atoms with E-state index in [0.29, 0.717) is 24.2 Å². The molecule has 0 aliphatic rings. The van der Waals surface area contributed by atoms with Crippen molar-refractivity contribution in [2.24, 2.45) is 0 Å². The van der Waals surface area contributed by atoms with Gasteiger partial charge in [0.1, 0.15) is 0 Å². The maximum Gasteiger partial charge on any atom is 0.416 e. The molecular formula is C25H25F6N3O. The van der Waals surface area contributed by atoms with Crippen molar-refractivity contribution in [3.63, 3.8) is 0 Å². The Morgan fingerprint density at radius 3 is 2.23 bits per heavy atom. The van der Waals surface area contributed by atoms with E-state index in [2.05, 4.69) is 5.32 Å². The van der Waals surface area contributed by atoms with Gasteiger partial charge in [0.05, 0.1) is 17.7 Å². The van der Waals surface area contributed by atoms with Crippen LogP contribution in [0, 0.1) is 0 Å². The van der Waals surface area contributed by atoms with Crippen LogP contribution < -0.4 is 5.32 Å². The van der Waals surface area contributed by atoms with E-state index in [9.17, 15) is 31.1 Å². The Morgan fingerprint density at radius 1 is 0.914 bits per heavy atom. The summed E-state index contributed by atoms with van der Waals surface area (Å²) in [6.45, 7) is 2.73. The number of nitrogens with one attached hydrogen (secondary N) is 1. The van der Waals surface area contributed by atoms with E-state index in [1.54, 1.807) is 29.0 Å². The highest BCUT2D eigenvalue weighted by Gasteiger charge is 2.31. The second-order valence-corrected chi connectivity index (χ2v) is 8.11. The Bertz CT molecular complexity index is 1120. The van der Waals surface area contributed by atoms with E-state index in [0.717, 1.165) is 30.7 Å². The third-order valence-electron chi connectivity index (χ3n) is 5.42. The van der Waals surface area contributed by atoms with Crippen LogP contribution in [0.3, 0.4) is 0 Å². The zero-order chi connectivity index (χ0) is 25.6. The summed E-state index contributed by atoms with van der Waals surface area (Å²) in [5.41, 5.74) is -0.147. The number of carbonyl (C=O) groups excluding carboxylic acids is 1. The molecule has 0 aliphatic heterocycles. The molecule has 1 heterocycles. The molecule has 0 atom stereocenters. The number of anilines is 1. The molecule has 1 N–H and O–H groups in total. The van der Waals surface area contributed by atoms with Crippen molar-refractivity contribution in [2.45, 2.75) is 45.2 Å². The first-order valence-electron chi connectivity index (χ1n) is 11.0. The Hall–Kier alpha value is -3.43. The van der Waals surface area contributed by atoms with Gasteiger partial charge in [-0.3, -0.25) is 0 Å². The van der Waals surface area contributed by atoms with Crippen molar-refractivity contribution in [2.75, 3.05) is 11.9 Å². The smallest absolute Gasteiger partial charge is 0.345 e. The quantitative estimate of drug-likeness (QED) is 0.323. The largest absolute Gasteiger partial charge is 0.416 e. The number of amides is 2. The molecule has 188 valence electrons. The fourth-order valence-electron chi connectivity index (χ4n) is 3.53. The number of alkyl halides is 6. The molecule has 10 heteroatoms. The van der Waals surface area contributed by atoms with Gasteiger partial charge in [-0.1, -0.05) is 25.5 Å². The Balaban J connectivity index is 1.74. The molecule has 0 aliphatic carbocycles. The lowest BCUT2D eigenvalue weighted by atomic mass is 10.1. The minimum atomic E-state index is -4.47. The highest BCUT2D eigenvalue weighted by molar-refractivity contribution is 5.89. The lowest BCUT2D eigenvalue weighted by Gasteiger charge is -2.24. The van der Waals surface area contributed by atoms with Gasteiger partial charge in [0.2, 0.25) is 0 Å². The maximum absolute atomic E-state index is 13.1. The molecule has 0 unspecified atom stereocenters. The molecular weight excluding hydrogens is 472 g/mol. The lowest BCUT2D eigenvalue weighted by molar-refractivity contribution is -0.138. The van der Waals surface area contributed by atoms with Crippen molar-refractivity contribution >= 4 is 11.7 Å². The highest BCUT2D eigenvalue weighted by atomic mass is 19.4. The standard InChI is InChI=1S/C25H25F6N3O/c1-2-3-13-34(23(35)32-21-11-9-19(10-12-21)24(26,27)28)17-22-8-5-14-33(22)16-18-6-4-7-20(15-18)25(29,30)31/h4-12,14-15H,2-3,13,16-17H2,1H3,(H,32,35). The molecule has 35 heavy (non-hydrogen) atoms. The zero-order valence-corrected chi connectivity index (χ0v) is 19.0. The van der Waals surface area contributed by atoms with E-state index in [1.807, 2.05) is 6.92 Å². The van der Waals surface area contributed by atoms with Crippen LogP contribution in [0.5, 0.6) is 0 Å². The molecule has 0 spiro atoms. The number of unbranched alkanes of at least 4 members (excludes halogenated alkanes) is 1. The van der Waals surface area contributed by atoms with Gasteiger partial charge in [0.25, 0.3) is 0 Å². The second-order valence-electron chi connectivity index (χ2n) is 8.11. The first-order valence-corrected chi connectivity index (χ1v) is 11.0. The fourth-order valence-corrected chi connectivity index (χ4v) is 3.53.